The molecule has 0 aliphatic carbocycles. The largest absolute Gasteiger partial charge is 0.463 e. The minimum atomic E-state index is -1.54. The molecule has 13 heavy (non-hydrogen) atoms. The summed E-state index contributed by atoms with van der Waals surface area (Å²) in [7, 11) is 1.13. The van der Waals surface area contributed by atoms with Crippen LogP contribution in [0.15, 0.2) is 0 Å². The van der Waals surface area contributed by atoms with Crippen LogP contribution in [0.1, 0.15) is 13.3 Å². The first kappa shape index (κ1) is 13.0. The number of esters is 1. The second-order valence-electron chi connectivity index (χ2n) is 2.56. The minimum absolute atomic E-state index is 0.136. The van der Waals surface area contributed by atoms with Crippen molar-refractivity contribution in [2.24, 2.45) is 5.92 Å². The summed E-state index contributed by atoms with van der Waals surface area (Å²) in [6.07, 6.45) is -0.136. The van der Waals surface area contributed by atoms with Gasteiger partial charge in [-0.3, -0.25) is 4.79 Å². The molecule has 0 spiro atoms. The minimum Gasteiger partial charge on any atom is -0.463 e. The number of carbonyl (C=O) groups is 2. The molecule has 0 saturated carbocycles. The number of hydrogen-bond donors (Lipinski definition) is 0. The number of ketones is 1. The molecule has 0 bridgehead atoms. The molecule has 0 aliphatic rings. The first-order valence-electron chi connectivity index (χ1n) is 3.47. The maximum atomic E-state index is 11.0. The predicted molar refractivity (Wildman–Crippen MR) is 51.1 cm³/mol. The lowest BCUT2D eigenvalue weighted by Gasteiger charge is -2.18. The number of methoxy groups -OCH3 is 1. The molecule has 1 atom stereocenters. The van der Waals surface area contributed by atoms with E-state index in [4.69, 9.17) is 34.8 Å². The molecule has 3 nitrogen and oxygen atoms in total. The van der Waals surface area contributed by atoms with Gasteiger partial charge in [0.15, 0.2) is 3.79 Å². The lowest BCUT2D eigenvalue weighted by Crippen LogP contribution is -2.24. The maximum absolute atomic E-state index is 11.0. The van der Waals surface area contributed by atoms with Crippen LogP contribution in [-0.4, -0.2) is 22.7 Å². The van der Waals surface area contributed by atoms with Gasteiger partial charge in [0.25, 0.3) is 0 Å². The van der Waals surface area contributed by atoms with Gasteiger partial charge in [0.05, 0.1) is 7.11 Å². The summed E-state index contributed by atoms with van der Waals surface area (Å²) in [5, 5.41) is 0. The van der Waals surface area contributed by atoms with Crippen LogP contribution < -0.4 is 0 Å². The standard InChI is InChI=1S/C7H9Cl3O3/c1-4(7(8,9)10)3-5(11)6(12)13-2/h4H,3H2,1-2H3. The molecule has 1 unspecified atom stereocenters. The molecule has 0 aromatic carbocycles. The lowest BCUT2D eigenvalue weighted by atomic mass is 10.1. The van der Waals surface area contributed by atoms with Crippen LogP contribution in [0.3, 0.4) is 0 Å². The van der Waals surface area contributed by atoms with Crippen molar-refractivity contribution in [2.45, 2.75) is 17.1 Å². The van der Waals surface area contributed by atoms with Gasteiger partial charge in [0.1, 0.15) is 0 Å². The Morgan fingerprint density at radius 3 is 2.15 bits per heavy atom. The average Bonchev–Trinajstić information content (AvgIpc) is 2.01. The highest BCUT2D eigenvalue weighted by molar-refractivity contribution is 6.67. The van der Waals surface area contributed by atoms with Crippen molar-refractivity contribution in [3.05, 3.63) is 0 Å². The SMILES string of the molecule is COC(=O)C(=O)CC(C)C(Cl)(Cl)Cl. The van der Waals surface area contributed by atoms with Crippen LogP contribution in [0.5, 0.6) is 0 Å². The molecule has 0 aromatic rings. The Morgan fingerprint density at radius 1 is 1.38 bits per heavy atom. The van der Waals surface area contributed by atoms with Crippen molar-refractivity contribution < 1.29 is 14.3 Å². The zero-order valence-electron chi connectivity index (χ0n) is 7.14. The molecular formula is C7H9Cl3O3. The van der Waals surface area contributed by atoms with E-state index in [1.807, 2.05) is 0 Å². The number of ether oxygens (including phenoxy) is 1. The van der Waals surface area contributed by atoms with Gasteiger partial charge >= 0.3 is 5.97 Å². The van der Waals surface area contributed by atoms with Crippen LogP contribution >= 0.6 is 34.8 Å². The molecule has 76 valence electrons. The van der Waals surface area contributed by atoms with Crippen LogP contribution in [0.2, 0.25) is 0 Å². The van der Waals surface area contributed by atoms with E-state index in [0.29, 0.717) is 0 Å². The van der Waals surface area contributed by atoms with Crippen LogP contribution in [0.25, 0.3) is 0 Å². The summed E-state index contributed by atoms with van der Waals surface area (Å²) in [5.74, 6) is -2.13. The predicted octanol–water partition coefficient (Wildman–Crippen LogP) is 2.12. The Kier molecular flexibility index (Phi) is 5.04. The fraction of sp³-hybridized carbons (Fsp3) is 0.714. The Balaban J connectivity index is 4.15. The number of hydrogen-bond acceptors (Lipinski definition) is 3. The summed E-state index contributed by atoms with van der Waals surface area (Å²) in [4.78, 5) is 21.7. The molecule has 0 amide bonds. The third-order valence-electron chi connectivity index (χ3n) is 1.46. The molecule has 0 saturated heterocycles. The highest BCUT2D eigenvalue weighted by Gasteiger charge is 2.32. The van der Waals surface area contributed by atoms with E-state index in [1.54, 1.807) is 6.92 Å². The van der Waals surface area contributed by atoms with Gasteiger partial charge < -0.3 is 4.74 Å². The fourth-order valence-corrected chi connectivity index (χ4v) is 0.822. The molecule has 0 radical (unpaired) electrons. The number of halogens is 3. The number of rotatable bonds is 3. The normalized spacial score (nSPS) is 13.6. The summed E-state index contributed by atoms with van der Waals surface area (Å²) in [5.41, 5.74) is 0. The molecule has 0 N–H and O–H groups in total. The Morgan fingerprint density at radius 2 is 1.85 bits per heavy atom. The summed E-state index contributed by atoms with van der Waals surface area (Å²) in [6.45, 7) is 1.56. The summed E-state index contributed by atoms with van der Waals surface area (Å²) in [6, 6.07) is 0. The zero-order chi connectivity index (χ0) is 10.6. The van der Waals surface area contributed by atoms with Gasteiger partial charge in [-0.25, -0.2) is 4.79 Å². The molecule has 0 heterocycles. The number of alkyl halides is 3. The van der Waals surface area contributed by atoms with Crippen molar-refractivity contribution in [1.29, 1.82) is 0 Å². The molecule has 6 heteroatoms. The summed E-state index contributed by atoms with van der Waals surface area (Å²) >= 11 is 16.5. The first-order chi connectivity index (χ1) is 5.79. The molecular weight excluding hydrogens is 238 g/mol. The van der Waals surface area contributed by atoms with Gasteiger partial charge in [0, 0.05) is 12.3 Å². The molecule has 0 fully saturated rings. The van der Waals surface area contributed by atoms with Crippen LogP contribution in [0.4, 0.5) is 0 Å². The Labute approximate surface area is 91.3 Å². The highest BCUT2D eigenvalue weighted by atomic mass is 35.6. The van der Waals surface area contributed by atoms with E-state index >= 15 is 0 Å². The van der Waals surface area contributed by atoms with E-state index in [1.165, 1.54) is 0 Å². The monoisotopic (exact) mass is 246 g/mol. The van der Waals surface area contributed by atoms with Crippen molar-refractivity contribution in [2.75, 3.05) is 7.11 Å². The second kappa shape index (κ2) is 5.03. The Hall–Kier alpha value is 0.01000. The molecule has 0 rings (SSSR count). The maximum Gasteiger partial charge on any atom is 0.374 e. The van der Waals surface area contributed by atoms with E-state index in [0.717, 1.165) is 7.11 Å². The van der Waals surface area contributed by atoms with E-state index in [2.05, 4.69) is 4.74 Å². The van der Waals surface area contributed by atoms with Crippen molar-refractivity contribution in [3.63, 3.8) is 0 Å². The third kappa shape index (κ3) is 4.69. The smallest absolute Gasteiger partial charge is 0.374 e. The van der Waals surface area contributed by atoms with Gasteiger partial charge in [-0.15, -0.1) is 0 Å². The summed E-state index contributed by atoms with van der Waals surface area (Å²) < 4.78 is 2.67. The number of Topliss-reactive ketones (excluding diaryl/α,β-unsaturated/α-hetero) is 1. The first-order valence-corrected chi connectivity index (χ1v) is 4.60. The second-order valence-corrected chi connectivity index (χ2v) is 4.93. The quantitative estimate of drug-likeness (QED) is 0.436. The topological polar surface area (TPSA) is 43.4 Å². The van der Waals surface area contributed by atoms with Crippen LogP contribution in [-0.2, 0) is 14.3 Å². The van der Waals surface area contributed by atoms with Gasteiger partial charge in [-0.05, 0) is 0 Å². The van der Waals surface area contributed by atoms with Crippen molar-refractivity contribution >= 4 is 46.6 Å². The van der Waals surface area contributed by atoms with Gasteiger partial charge in [-0.1, -0.05) is 41.7 Å². The Bertz CT molecular complexity index is 210. The molecule has 0 aromatic heterocycles. The van der Waals surface area contributed by atoms with Gasteiger partial charge in [-0.2, -0.15) is 0 Å². The van der Waals surface area contributed by atoms with Crippen molar-refractivity contribution in [3.8, 4) is 0 Å². The number of carbonyl (C=O) groups excluding carboxylic acids is 2. The third-order valence-corrected chi connectivity index (χ3v) is 2.58. The fourth-order valence-electron chi connectivity index (χ4n) is 0.591. The van der Waals surface area contributed by atoms with Crippen molar-refractivity contribution in [1.82, 2.24) is 0 Å². The van der Waals surface area contributed by atoms with Gasteiger partial charge in [0.2, 0.25) is 5.78 Å². The molecule has 0 aliphatic heterocycles. The van der Waals surface area contributed by atoms with E-state index < -0.39 is 21.5 Å². The average molecular weight is 248 g/mol. The van der Waals surface area contributed by atoms with Crippen LogP contribution in [0, 0.1) is 5.92 Å². The van der Waals surface area contributed by atoms with E-state index in [9.17, 15) is 9.59 Å². The van der Waals surface area contributed by atoms with E-state index in [-0.39, 0.29) is 6.42 Å². The highest BCUT2D eigenvalue weighted by Crippen LogP contribution is 2.36. The lowest BCUT2D eigenvalue weighted by molar-refractivity contribution is -0.152. The zero-order valence-corrected chi connectivity index (χ0v) is 9.41.